The average molecular weight is 261 g/mol. The molecule has 14 heavy (non-hydrogen) atoms. The van der Waals surface area contributed by atoms with Crippen LogP contribution in [0.15, 0.2) is 16.6 Å². The van der Waals surface area contributed by atoms with Crippen LogP contribution in [0.4, 0.5) is 0 Å². The van der Waals surface area contributed by atoms with Gasteiger partial charge in [-0.1, -0.05) is 15.9 Å². The quantitative estimate of drug-likeness (QED) is 0.755. The highest BCUT2D eigenvalue weighted by Gasteiger charge is 2.22. The van der Waals surface area contributed by atoms with Gasteiger partial charge in [-0.05, 0) is 24.6 Å². The van der Waals surface area contributed by atoms with Crippen molar-refractivity contribution in [1.82, 2.24) is 0 Å². The van der Waals surface area contributed by atoms with Gasteiger partial charge in [-0.2, -0.15) is 0 Å². The van der Waals surface area contributed by atoms with E-state index in [-0.39, 0.29) is 11.3 Å². The fourth-order valence-electron chi connectivity index (χ4n) is 1.16. The van der Waals surface area contributed by atoms with Crippen LogP contribution in [0.1, 0.15) is 17.2 Å². The van der Waals surface area contributed by atoms with E-state index in [1.165, 1.54) is 6.07 Å². The summed E-state index contributed by atoms with van der Waals surface area (Å²) in [4.78, 5) is 10.5. The van der Waals surface area contributed by atoms with Crippen molar-refractivity contribution in [3.05, 3.63) is 27.7 Å². The van der Waals surface area contributed by atoms with Crippen LogP contribution in [0.3, 0.4) is 0 Å². The number of aliphatic hydroxyl groups is 1. The lowest BCUT2D eigenvalue weighted by atomic mass is 10.0. The second-order valence-corrected chi connectivity index (χ2v) is 3.70. The van der Waals surface area contributed by atoms with Crippen molar-refractivity contribution < 1.29 is 20.1 Å². The molecule has 0 spiro atoms. The molecule has 0 aliphatic carbocycles. The van der Waals surface area contributed by atoms with E-state index >= 15 is 0 Å². The molecule has 0 saturated heterocycles. The number of hydrogen-bond donors (Lipinski definition) is 3. The van der Waals surface area contributed by atoms with Crippen LogP contribution in [-0.4, -0.2) is 21.3 Å². The van der Waals surface area contributed by atoms with Gasteiger partial charge in [0.1, 0.15) is 5.75 Å². The Morgan fingerprint density at radius 1 is 1.50 bits per heavy atom. The second kappa shape index (κ2) is 3.98. The van der Waals surface area contributed by atoms with Crippen LogP contribution in [0.25, 0.3) is 0 Å². The van der Waals surface area contributed by atoms with Gasteiger partial charge >= 0.3 is 5.97 Å². The first kappa shape index (κ1) is 11.0. The molecule has 0 radical (unpaired) electrons. The number of rotatable bonds is 2. The Morgan fingerprint density at radius 3 is 2.57 bits per heavy atom. The molecule has 5 heteroatoms. The molecule has 1 aromatic rings. The van der Waals surface area contributed by atoms with Gasteiger partial charge in [0, 0.05) is 10.0 Å². The van der Waals surface area contributed by atoms with Crippen LogP contribution >= 0.6 is 15.9 Å². The number of aromatic hydroxyl groups is 1. The first-order valence-corrected chi connectivity index (χ1v) is 4.63. The zero-order chi connectivity index (χ0) is 10.9. The molecule has 76 valence electrons. The molecular weight excluding hydrogens is 252 g/mol. The maximum Gasteiger partial charge on any atom is 0.337 e. The largest absolute Gasteiger partial charge is 0.508 e. The molecule has 3 N–H and O–H groups in total. The number of halogens is 1. The summed E-state index contributed by atoms with van der Waals surface area (Å²) < 4.78 is 0.644. The molecular formula is C9H9BrO4. The van der Waals surface area contributed by atoms with Crippen molar-refractivity contribution in [3.8, 4) is 5.75 Å². The molecule has 1 rings (SSSR count). The van der Waals surface area contributed by atoms with E-state index in [0.29, 0.717) is 10.0 Å². The number of hydrogen-bond acceptors (Lipinski definition) is 3. The number of carboxylic acids is 1. The summed E-state index contributed by atoms with van der Waals surface area (Å²) in [6.07, 6.45) is -1.70. The van der Waals surface area contributed by atoms with Crippen molar-refractivity contribution in [3.63, 3.8) is 0 Å². The number of aliphatic carboxylic acids is 1. The van der Waals surface area contributed by atoms with Gasteiger partial charge in [-0.3, -0.25) is 0 Å². The van der Waals surface area contributed by atoms with E-state index in [4.69, 9.17) is 5.11 Å². The lowest BCUT2D eigenvalue weighted by Crippen LogP contribution is -2.12. The average Bonchev–Trinajstić information content (AvgIpc) is 2.12. The first-order valence-electron chi connectivity index (χ1n) is 3.84. The number of benzene rings is 1. The fraction of sp³-hybridized carbons (Fsp3) is 0.222. The molecule has 0 amide bonds. The monoisotopic (exact) mass is 260 g/mol. The molecule has 1 atom stereocenters. The lowest BCUT2D eigenvalue weighted by molar-refractivity contribution is -0.147. The third-order valence-corrected chi connectivity index (χ3v) is 2.79. The Hall–Kier alpha value is -1.07. The van der Waals surface area contributed by atoms with Crippen molar-refractivity contribution in [2.45, 2.75) is 13.0 Å². The Bertz CT molecular complexity index is 375. The van der Waals surface area contributed by atoms with Crippen LogP contribution in [0, 0.1) is 6.92 Å². The summed E-state index contributed by atoms with van der Waals surface area (Å²) in [5.74, 6) is -1.61. The number of carbonyl (C=O) groups is 1. The maximum atomic E-state index is 10.5. The van der Waals surface area contributed by atoms with Gasteiger partial charge in [0.25, 0.3) is 0 Å². The summed E-state index contributed by atoms with van der Waals surface area (Å²) in [5, 5.41) is 27.3. The molecule has 0 fully saturated rings. The topological polar surface area (TPSA) is 77.8 Å². The van der Waals surface area contributed by atoms with Crippen molar-refractivity contribution in [2.75, 3.05) is 0 Å². The fourth-order valence-corrected chi connectivity index (χ4v) is 1.50. The van der Waals surface area contributed by atoms with Crippen LogP contribution in [0.2, 0.25) is 0 Å². The normalized spacial score (nSPS) is 12.5. The molecule has 0 aromatic heterocycles. The van der Waals surface area contributed by atoms with Gasteiger partial charge in [0.15, 0.2) is 6.10 Å². The van der Waals surface area contributed by atoms with E-state index in [0.717, 1.165) is 0 Å². The SMILES string of the molecule is Cc1c(Br)ccc(O)c1C(O)C(=O)O. The van der Waals surface area contributed by atoms with Gasteiger partial charge in [0.2, 0.25) is 0 Å². The zero-order valence-electron chi connectivity index (χ0n) is 7.36. The van der Waals surface area contributed by atoms with Crippen LogP contribution in [0.5, 0.6) is 5.75 Å². The van der Waals surface area contributed by atoms with Gasteiger partial charge in [0.05, 0.1) is 0 Å². The predicted octanol–water partition coefficient (Wildman–Crippen LogP) is 1.58. The Balaban J connectivity index is 3.32. The summed E-state index contributed by atoms with van der Waals surface area (Å²) in [7, 11) is 0. The van der Waals surface area contributed by atoms with Crippen molar-refractivity contribution in [2.24, 2.45) is 0 Å². The van der Waals surface area contributed by atoms with Gasteiger partial charge in [-0.15, -0.1) is 0 Å². The molecule has 0 bridgehead atoms. The number of phenols is 1. The Labute approximate surface area is 88.9 Å². The molecule has 0 saturated carbocycles. The van der Waals surface area contributed by atoms with Crippen LogP contribution < -0.4 is 0 Å². The van der Waals surface area contributed by atoms with E-state index in [1.54, 1.807) is 13.0 Å². The Kier molecular flexibility index (Phi) is 3.13. The smallest absolute Gasteiger partial charge is 0.337 e. The van der Waals surface area contributed by atoms with Crippen molar-refractivity contribution in [1.29, 1.82) is 0 Å². The molecule has 1 aromatic carbocycles. The van der Waals surface area contributed by atoms with Crippen LogP contribution in [-0.2, 0) is 4.79 Å². The van der Waals surface area contributed by atoms with Crippen molar-refractivity contribution >= 4 is 21.9 Å². The summed E-state index contributed by atoms with van der Waals surface area (Å²) in [6.45, 7) is 1.62. The summed E-state index contributed by atoms with van der Waals surface area (Å²) in [6, 6.07) is 2.92. The Morgan fingerprint density at radius 2 is 2.07 bits per heavy atom. The lowest BCUT2D eigenvalue weighted by Gasteiger charge is -2.12. The molecule has 1 unspecified atom stereocenters. The first-order chi connectivity index (χ1) is 6.45. The number of aliphatic hydroxyl groups excluding tert-OH is 1. The standard InChI is InChI=1S/C9H9BrO4/c1-4-5(10)2-3-6(11)7(4)8(12)9(13)14/h2-3,8,11-12H,1H3,(H,13,14). The van der Waals surface area contributed by atoms with E-state index < -0.39 is 12.1 Å². The maximum absolute atomic E-state index is 10.5. The summed E-state index contributed by atoms with van der Waals surface area (Å²) in [5.41, 5.74) is 0.534. The number of carboxylic acid groups (broad SMARTS) is 1. The highest BCUT2D eigenvalue weighted by Crippen LogP contribution is 2.32. The highest BCUT2D eigenvalue weighted by molar-refractivity contribution is 9.10. The van der Waals surface area contributed by atoms with E-state index in [1.807, 2.05) is 0 Å². The summed E-state index contributed by atoms with van der Waals surface area (Å²) >= 11 is 3.18. The molecule has 0 aliphatic heterocycles. The number of phenolic OH excluding ortho intramolecular Hbond substituents is 1. The minimum Gasteiger partial charge on any atom is -0.508 e. The highest BCUT2D eigenvalue weighted by atomic mass is 79.9. The van der Waals surface area contributed by atoms with E-state index in [2.05, 4.69) is 15.9 Å². The van der Waals surface area contributed by atoms with Gasteiger partial charge < -0.3 is 15.3 Å². The van der Waals surface area contributed by atoms with E-state index in [9.17, 15) is 15.0 Å². The predicted molar refractivity (Wildman–Crippen MR) is 53.1 cm³/mol. The second-order valence-electron chi connectivity index (χ2n) is 2.85. The minimum atomic E-state index is -1.70. The molecule has 0 heterocycles. The third kappa shape index (κ3) is 1.88. The third-order valence-electron chi connectivity index (χ3n) is 1.93. The molecule has 4 nitrogen and oxygen atoms in total. The molecule has 0 aliphatic rings. The van der Waals surface area contributed by atoms with Gasteiger partial charge in [-0.25, -0.2) is 4.79 Å². The minimum absolute atomic E-state index is 0.0203. The zero-order valence-corrected chi connectivity index (χ0v) is 8.95.